The minimum Gasteiger partial charge on any atom is -0.449 e. The molecule has 5 nitrogen and oxygen atoms in total. The van der Waals surface area contributed by atoms with E-state index in [1.165, 1.54) is 24.3 Å². The zero-order valence-corrected chi connectivity index (χ0v) is 22.5. The summed E-state index contributed by atoms with van der Waals surface area (Å²) in [5.74, 6) is -3.27. The summed E-state index contributed by atoms with van der Waals surface area (Å²) in [5, 5.41) is -0.154. The van der Waals surface area contributed by atoms with Crippen LogP contribution >= 0.6 is 0 Å². The quantitative estimate of drug-likeness (QED) is 0.193. The minimum atomic E-state index is -5.02. The number of carbonyl (C=O) groups excluding carboxylic acids is 1. The maximum Gasteiger partial charge on any atom is 0.453 e. The van der Waals surface area contributed by atoms with Gasteiger partial charge in [0.2, 0.25) is 11.2 Å². The molecular weight excluding hydrogens is 509 g/mol. The van der Waals surface area contributed by atoms with Crippen molar-refractivity contribution in [3.05, 3.63) is 99.4 Å². The molecule has 4 aromatic rings. The predicted molar refractivity (Wildman–Crippen MR) is 143 cm³/mol. The Labute approximate surface area is 224 Å². The van der Waals surface area contributed by atoms with Gasteiger partial charge in [-0.05, 0) is 58.4 Å². The second-order valence-corrected chi connectivity index (χ2v) is 11.3. The van der Waals surface area contributed by atoms with E-state index in [1.54, 1.807) is 24.3 Å². The first-order chi connectivity index (χ1) is 18.0. The van der Waals surface area contributed by atoms with E-state index in [-0.39, 0.29) is 33.3 Å². The minimum absolute atomic E-state index is 0.0585. The molecule has 0 radical (unpaired) electrons. The Morgan fingerprint density at radius 1 is 0.744 bits per heavy atom. The van der Waals surface area contributed by atoms with Gasteiger partial charge in [0.05, 0.1) is 10.9 Å². The van der Waals surface area contributed by atoms with Gasteiger partial charge in [-0.2, -0.15) is 13.2 Å². The zero-order valence-electron chi connectivity index (χ0n) is 22.5. The van der Waals surface area contributed by atoms with E-state index in [1.807, 2.05) is 53.7 Å². The highest BCUT2D eigenvalue weighted by molar-refractivity contribution is 5.91. The highest BCUT2D eigenvalue weighted by Crippen LogP contribution is 2.39. The Bertz CT molecular complexity index is 1570. The molecule has 8 heteroatoms. The molecule has 0 aliphatic heterocycles. The monoisotopic (exact) mass is 538 g/mol. The van der Waals surface area contributed by atoms with Crippen LogP contribution < -0.4 is 14.9 Å². The van der Waals surface area contributed by atoms with Crippen LogP contribution in [0.5, 0.6) is 17.2 Å². The molecule has 0 bridgehead atoms. The van der Waals surface area contributed by atoms with Gasteiger partial charge in [-0.3, -0.25) is 4.79 Å². The van der Waals surface area contributed by atoms with Crippen LogP contribution in [0.25, 0.3) is 11.0 Å². The number of halogens is 3. The van der Waals surface area contributed by atoms with Crippen molar-refractivity contribution < 1.29 is 31.9 Å². The number of rotatable bonds is 4. The molecule has 0 aliphatic carbocycles. The average Bonchev–Trinajstić information content (AvgIpc) is 2.84. The lowest BCUT2D eigenvalue weighted by molar-refractivity contribution is -0.154. The van der Waals surface area contributed by atoms with Gasteiger partial charge in [-0.25, -0.2) is 4.79 Å². The van der Waals surface area contributed by atoms with Gasteiger partial charge >= 0.3 is 12.1 Å². The van der Waals surface area contributed by atoms with Gasteiger partial charge in [-0.1, -0.05) is 65.8 Å². The number of carbonyl (C=O) groups is 1. The van der Waals surface area contributed by atoms with Crippen molar-refractivity contribution in [2.45, 2.75) is 58.5 Å². The Hall–Kier alpha value is -4.07. The third-order valence-corrected chi connectivity index (χ3v) is 6.22. The molecule has 0 fully saturated rings. The van der Waals surface area contributed by atoms with Crippen molar-refractivity contribution in [1.29, 1.82) is 0 Å². The molecule has 0 spiro atoms. The summed E-state index contributed by atoms with van der Waals surface area (Å²) in [6, 6.07) is 16.9. The second kappa shape index (κ2) is 9.91. The van der Waals surface area contributed by atoms with Crippen molar-refractivity contribution >= 4 is 16.9 Å². The number of esters is 1. The summed E-state index contributed by atoms with van der Waals surface area (Å²) in [6.07, 6.45) is -5.02. The SMILES string of the molecule is CC(C)(C)c1ccc(Oc2c(C(F)(F)F)oc3cc(OC(=O)c4ccc(C(C)(C)C)cc4)ccc3c2=O)cc1. The molecule has 0 atom stereocenters. The van der Waals surface area contributed by atoms with Crippen LogP contribution in [0.15, 0.2) is 75.9 Å². The molecule has 4 rings (SSSR count). The van der Waals surface area contributed by atoms with Gasteiger partial charge in [-0.15, -0.1) is 0 Å². The summed E-state index contributed by atoms with van der Waals surface area (Å²) >= 11 is 0. The first kappa shape index (κ1) is 28.0. The predicted octanol–water partition coefficient (Wildman–Crippen LogP) is 8.42. The van der Waals surface area contributed by atoms with Crippen molar-refractivity contribution in [2.24, 2.45) is 0 Å². The van der Waals surface area contributed by atoms with Crippen LogP contribution in [-0.2, 0) is 17.0 Å². The second-order valence-electron chi connectivity index (χ2n) is 11.3. The summed E-state index contributed by atoms with van der Waals surface area (Å²) in [7, 11) is 0. The van der Waals surface area contributed by atoms with Gasteiger partial charge in [0.1, 0.15) is 17.1 Å². The first-order valence-corrected chi connectivity index (χ1v) is 12.3. The van der Waals surface area contributed by atoms with Crippen LogP contribution in [0, 0.1) is 0 Å². The number of hydrogen-bond donors (Lipinski definition) is 0. The molecule has 1 aromatic heterocycles. The van der Waals surface area contributed by atoms with Crippen LogP contribution in [0.4, 0.5) is 13.2 Å². The highest BCUT2D eigenvalue weighted by atomic mass is 19.4. The third kappa shape index (κ3) is 6.16. The lowest BCUT2D eigenvalue weighted by Crippen LogP contribution is -2.16. The average molecular weight is 539 g/mol. The molecule has 0 aliphatic rings. The van der Waals surface area contributed by atoms with E-state index < -0.39 is 34.7 Å². The van der Waals surface area contributed by atoms with Gasteiger partial charge in [0, 0.05) is 6.07 Å². The van der Waals surface area contributed by atoms with Crippen molar-refractivity contribution in [2.75, 3.05) is 0 Å². The molecule has 0 amide bonds. The van der Waals surface area contributed by atoms with Crippen molar-refractivity contribution in [3.63, 3.8) is 0 Å². The Balaban J connectivity index is 1.67. The molecule has 0 unspecified atom stereocenters. The maximum atomic E-state index is 13.9. The summed E-state index contributed by atoms with van der Waals surface area (Å²) in [6.45, 7) is 12.1. The number of alkyl halides is 3. The van der Waals surface area contributed by atoms with Gasteiger partial charge in [0.15, 0.2) is 0 Å². The van der Waals surface area contributed by atoms with Crippen LogP contribution in [0.2, 0.25) is 0 Å². The van der Waals surface area contributed by atoms with Gasteiger partial charge < -0.3 is 13.9 Å². The van der Waals surface area contributed by atoms with E-state index in [4.69, 9.17) is 13.9 Å². The summed E-state index contributed by atoms with van der Waals surface area (Å²) in [5.41, 5.74) is 0.566. The summed E-state index contributed by atoms with van der Waals surface area (Å²) < 4.78 is 57.7. The van der Waals surface area contributed by atoms with Crippen LogP contribution in [-0.4, -0.2) is 5.97 Å². The Morgan fingerprint density at radius 2 is 1.26 bits per heavy atom. The number of fused-ring (bicyclic) bond motifs is 1. The van der Waals surface area contributed by atoms with Crippen LogP contribution in [0.1, 0.15) is 68.8 Å². The van der Waals surface area contributed by atoms with Crippen LogP contribution in [0.3, 0.4) is 0 Å². The number of ether oxygens (including phenoxy) is 2. The molecule has 39 heavy (non-hydrogen) atoms. The van der Waals surface area contributed by atoms with E-state index >= 15 is 0 Å². The van der Waals surface area contributed by atoms with E-state index in [2.05, 4.69) is 0 Å². The lowest BCUT2D eigenvalue weighted by Gasteiger charge is -2.19. The maximum absolute atomic E-state index is 13.9. The van der Waals surface area contributed by atoms with Gasteiger partial charge in [0.25, 0.3) is 5.76 Å². The van der Waals surface area contributed by atoms with Crippen molar-refractivity contribution in [1.82, 2.24) is 0 Å². The molecule has 204 valence electrons. The fraction of sp³-hybridized carbons (Fsp3) is 0.290. The molecule has 0 N–H and O–H groups in total. The number of benzene rings is 3. The topological polar surface area (TPSA) is 65.7 Å². The first-order valence-electron chi connectivity index (χ1n) is 12.3. The molecular formula is C31H29F3O5. The molecule has 1 heterocycles. The fourth-order valence-corrected chi connectivity index (χ4v) is 3.91. The molecule has 0 saturated heterocycles. The highest BCUT2D eigenvalue weighted by Gasteiger charge is 2.40. The smallest absolute Gasteiger partial charge is 0.449 e. The largest absolute Gasteiger partial charge is 0.453 e. The van der Waals surface area contributed by atoms with E-state index in [0.29, 0.717) is 0 Å². The number of hydrogen-bond acceptors (Lipinski definition) is 5. The summed E-state index contributed by atoms with van der Waals surface area (Å²) in [4.78, 5) is 25.7. The third-order valence-electron chi connectivity index (χ3n) is 6.22. The standard InChI is InChI=1S/C31H29F3O5/c1-29(2,3)19-9-7-18(8-10-19)28(36)38-22-15-16-23-24(17-22)39-27(31(32,33)34)26(25(23)35)37-21-13-11-20(12-14-21)30(4,5)6/h7-17H,1-6H3. The fourth-order valence-electron chi connectivity index (χ4n) is 3.91. The van der Waals surface area contributed by atoms with Crippen molar-refractivity contribution in [3.8, 4) is 17.2 Å². The molecule has 0 saturated carbocycles. The Morgan fingerprint density at radius 3 is 1.77 bits per heavy atom. The Kier molecular flexibility index (Phi) is 7.10. The zero-order chi connectivity index (χ0) is 28.8. The normalized spacial score (nSPS) is 12.4. The van der Waals surface area contributed by atoms with E-state index in [9.17, 15) is 22.8 Å². The molecule has 3 aromatic carbocycles. The van der Waals surface area contributed by atoms with E-state index in [0.717, 1.165) is 17.2 Å². The lowest BCUT2D eigenvalue weighted by atomic mass is 9.87.